The van der Waals surface area contributed by atoms with Crippen molar-refractivity contribution in [2.24, 2.45) is 0 Å². The Morgan fingerprint density at radius 3 is 2.71 bits per heavy atom. The van der Waals surface area contributed by atoms with Crippen molar-refractivity contribution in [3.63, 3.8) is 0 Å². The summed E-state index contributed by atoms with van der Waals surface area (Å²) in [6, 6.07) is 6.24. The predicted molar refractivity (Wildman–Crippen MR) is 82.6 cm³/mol. The van der Waals surface area contributed by atoms with E-state index >= 15 is 0 Å². The Morgan fingerprint density at radius 2 is 2.00 bits per heavy atom. The molecule has 0 radical (unpaired) electrons. The van der Waals surface area contributed by atoms with Crippen LogP contribution in [0.5, 0.6) is 5.75 Å². The molecule has 1 heterocycles. The van der Waals surface area contributed by atoms with E-state index in [2.05, 4.69) is 15.5 Å². The lowest BCUT2D eigenvalue weighted by atomic mass is 10.2. The highest BCUT2D eigenvalue weighted by molar-refractivity contribution is 6.34. The van der Waals surface area contributed by atoms with Gasteiger partial charge in [0.15, 0.2) is 10.3 Å². The normalized spacial score (nSPS) is 10.3. The fraction of sp³-hybridized carbons (Fsp3) is 0.154. The molecule has 0 aliphatic heterocycles. The number of carbonyl (C=O) groups is 1. The van der Waals surface area contributed by atoms with Gasteiger partial charge in [-0.1, -0.05) is 34.8 Å². The minimum atomic E-state index is -0.486. The largest absolute Gasteiger partial charge is 0.492 e. The molecule has 0 saturated heterocycles. The van der Waals surface area contributed by atoms with Gasteiger partial charge in [-0.05, 0) is 31.2 Å². The van der Waals surface area contributed by atoms with Gasteiger partial charge < -0.3 is 10.1 Å². The number of amides is 1. The summed E-state index contributed by atoms with van der Waals surface area (Å²) in [6.07, 6.45) is 0. The summed E-state index contributed by atoms with van der Waals surface area (Å²) in [5.74, 6) is 0.0134. The third-order valence-electron chi connectivity index (χ3n) is 2.45. The number of nitrogens with zero attached hydrogens (tertiary/aromatic N) is 2. The molecule has 1 N–H and O–H groups in total. The zero-order valence-corrected chi connectivity index (χ0v) is 13.1. The second-order valence-corrected chi connectivity index (χ2v) is 5.08. The van der Waals surface area contributed by atoms with E-state index in [1.54, 1.807) is 18.2 Å². The van der Waals surface area contributed by atoms with Crippen LogP contribution in [0.4, 0.5) is 5.69 Å². The van der Waals surface area contributed by atoms with Gasteiger partial charge >= 0.3 is 0 Å². The summed E-state index contributed by atoms with van der Waals surface area (Å²) in [5, 5.41) is 10.3. The van der Waals surface area contributed by atoms with Crippen LogP contribution in [0, 0.1) is 0 Å². The first-order valence-corrected chi connectivity index (χ1v) is 7.07. The van der Waals surface area contributed by atoms with Crippen LogP contribution < -0.4 is 10.1 Å². The molecule has 1 aromatic heterocycles. The molecular weight excluding hydrogens is 337 g/mol. The highest BCUT2D eigenvalue weighted by Gasteiger charge is 2.15. The van der Waals surface area contributed by atoms with Gasteiger partial charge in [0.05, 0.1) is 17.9 Å². The van der Waals surface area contributed by atoms with Crippen molar-refractivity contribution in [2.45, 2.75) is 6.92 Å². The molecule has 21 heavy (non-hydrogen) atoms. The van der Waals surface area contributed by atoms with Gasteiger partial charge in [0.25, 0.3) is 5.91 Å². The van der Waals surface area contributed by atoms with Crippen LogP contribution in [0.15, 0.2) is 24.3 Å². The fourth-order valence-electron chi connectivity index (χ4n) is 1.58. The summed E-state index contributed by atoms with van der Waals surface area (Å²) in [6.45, 7) is 2.29. The third-order valence-corrected chi connectivity index (χ3v) is 3.15. The van der Waals surface area contributed by atoms with Crippen LogP contribution in [-0.4, -0.2) is 22.7 Å². The molecule has 2 aromatic rings. The summed E-state index contributed by atoms with van der Waals surface area (Å²) in [7, 11) is 0. The van der Waals surface area contributed by atoms with Crippen molar-refractivity contribution in [1.29, 1.82) is 0 Å². The molecule has 5 nitrogen and oxygen atoms in total. The number of carbonyl (C=O) groups excluding carboxylic acids is 1. The van der Waals surface area contributed by atoms with E-state index in [0.29, 0.717) is 23.1 Å². The van der Waals surface area contributed by atoms with Gasteiger partial charge in [-0.3, -0.25) is 4.79 Å². The minimum absolute atomic E-state index is 0.0445. The SMILES string of the molecule is CCOc1ccc(Cl)cc1NC(=O)c1cc(Cl)nnc1Cl. The number of aromatic nitrogens is 2. The Labute approximate surface area is 136 Å². The van der Waals surface area contributed by atoms with Crippen molar-refractivity contribution >= 4 is 46.4 Å². The molecule has 2 rings (SSSR count). The fourth-order valence-corrected chi connectivity index (χ4v) is 2.08. The zero-order chi connectivity index (χ0) is 15.4. The summed E-state index contributed by atoms with van der Waals surface area (Å²) < 4.78 is 5.42. The molecular formula is C13H10Cl3N3O2. The molecule has 0 aliphatic rings. The Bertz CT molecular complexity index is 680. The quantitative estimate of drug-likeness (QED) is 0.905. The van der Waals surface area contributed by atoms with Crippen molar-refractivity contribution < 1.29 is 9.53 Å². The predicted octanol–water partition coefficient (Wildman–Crippen LogP) is 4.09. The minimum Gasteiger partial charge on any atom is -0.492 e. The average molecular weight is 347 g/mol. The lowest BCUT2D eigenvalue weighted by Crippen LogP contribution is -2.14. The second kappa shape index (κ2) is 6.93. The van der Waals surface area contributed by atoms with Gasteiger partial charge in [0, 0.05) is 5.02 Å². The molecule has 0 aliphatic carbocycles. The Kier molecular flexibility index (Phi) is 5.22. The van der Waals surface area contributed by atoms with Gasteiger partial charge in [-0.2, -0.15) is 0 Å². The van der Waals surface area contributed by atoms with Crippen LogP contribution in [0.1, 0.15) is 17.3 Å². The van der Waals surface area contributed by atoms with Crippen molar-refractivity contribution in [3.8, 4) is 5.75 Å². The van der Waals surface area contributed by atoms with Crippen LogP contribution in [-0.2, 0) is 0 Å². The molecule has 110 valence electrons. The van der Waals surface area contributed by atoms with Crippen LogP contribution in [0.2, 0.25) is 15.3 Å². The third kappa shape index (κ3) is 3.97. The van der Waals surface area contributed by atoms with Gasteiger partial charge in [-0.15, -0.1) is 10.2 Å². The maximum absolute atomic E-state index is 12.2. The van der Waals surface area contributed by atoms with E-state index < -0.39 is 5.91 Å². The van der Waals surface area contributed by atoms with Gasteiger partial charge in [0.1, 0.15) is 5.75 Å². The van der Waals surface area contributed by atoms with Crippen molar-refractivity contribution in [2.75, 3.05) is 11.9 Å². The molecule has 8 heteroatoms. The number of hydrogen-bond donors (Lipinski definition) is 1. The molecule has 1 aromatic carbocycles. The molecule has 0 saturated carbocycles. The average Bonchev–Trinajstić information content (AvgIpc) is 2.44. The van der Waals surface area contributed by atoms with E-state index in [0.717, 1.165) is 0 Å². The number of anilines is 1. The lowest BCUT2D eigenvalue weighted by Gasteiger charge is -2.12. The topological polar surface area (TPSA) is 64.1 Å². The van der Waals surface area contributed by atoms with Crippen molar-refractivity contribution in [1.82, 2.24) is 10.2 Å². The van der Waals surface area contributed by atoms with Crippen LogP contribution in [0.3, 0.4) is 0 Å². The Hall–Kier alpha value is -1.56. The van der Waals surface area contributed by atoms with E-state index in [-0.39, 0.29) is 15.9 Å². The van der Waals surface area contributed by atoms with E-state index in [1.807, 2.05) is 6.92 Å². The van der Waals surface area contributed by atoms with E-state index in [4.69, 9.17) is 39.5 Å². The standard InChI is InChI=1S/C13H10Cl3N3O2/c1-2-21-10-4-3-7(14)5-9(10)17-13(20)8-6-11(15)18-19-12(8)16/h3-6H,2H2,1H3,(H,17,20). The number of ether oxygens (including phenoxy) is 1. The maximum Gasteiger partial charge on any atom is 0.259 e. The zero-order valence-electron chi connectivity index (χ0n) is 10.9. The summed E-state index contributed by atoms with van der Waals surface area (Å²) in [4.78, 5) is 12.2. The summed E-state index contributed by atoms with van der Waals surface area (Å²) >= 11 is 17.5. The number of halogens is 3. The monoisotopic (exact) mass is 345 g/mol. The lowest BCUT2D eigenvalue weighted by molar-refractivity contribution is 0.102. The smallest absolute Gasteiger partial charge is 0.259 e. The Balaban J connectivity index is 2.31. The van der Waals surface area contributed by atoms with E-state index in [9.17, 15) is 4.79 Å². The van der Waals surface area contributed by atoms with Crippen LogP contribution in [0.25, 0.3) is 0 Å². The molecule has 1 amide bonds. The molecule has 0 unspecified atom stereocenters. The highest BCUT2D eigenvalue weighted by atomic mass is 35.5. The maximum atomic E-state index is 12.2. The number of hydrogen-bond acceptors (Lipinski definition) is 4. The molecule has 0 fully saturated rings. The number of rotatable bonds is 4. The number of nitrogens with one attached hydrogen (secondary N) is 1. The second-order valence-electron chi connectivity index (χ2n) is 3.90. The molecule has 0 spiro atoms. The van der Waals surface area contributed by atoms with E-state index in [1.165, 1.54) is 6.07 Å². The van der Waals surface area contributed by atoms with Gasteiger partial charge in [-0.25, -0.2) is 0 Å². The summed E-state index contributed by atoms with van der Waals surface area (Å²) in [5.41, 5.74) is 0.539. The first-order valence-electron chi connectivity index (χ1n) is 5.93. The van der Waals surface area contributed by atoms with Crippen molar-refractivity contribution in [3.05, 3.63) is 45.2 Å². The van der Waals surface area contributed by atoms with Gasteiger partial charge in [0.2, 0.25) is 0 Å². The molecule has 0 atom stereocenters. The first-order chi connectivity index (χ1) is 10.0. The molecule has 0 bridgehead atoms. The Morgan fingerprint density at radius 1 is 1.24 bits per heavy atom. The number of benzene rings is 1. The first kappa shape index (κ1) is 15.8. The highest BCUT2D eigenvalue weighted by Crippen LogP contribution is 2.29. The van der Waals surface area contributed by atoms with Crippen LogP contribution >= 0.6 is 34.8 Å².